The molecule has 8 nitrogen and oxygen atoms in total. The summed E-state index contributed by atoms with van der Waals surface area (Å²) in [4.78, 5) is 40.8. The summed E-state index contributed by atoms with van der Waals surface area (Å²) in [6, 6.07) is -0.0775. The van der Waals surface area contributed by atoms with Crippen LogP contribution in [0.4, 0.5) is 5.82 Å². The molecule has 0 radical (unpaired) electrons. The van der Waals surface area contributed by atoms with E-state index >= 15 is 0 Å². The molecule has 0 spiro atoms. The number of piperidine rings is 1. The van der Waals surface area contributed by atoms with E-state index in [9.17, 15) is 9.59 Å². The number of rotatable bonds is 4. The number of likely N-dealkylation sites (tertiary alicyclic amines) is 2. The highest BCUT2D eigenvalue weighted by Gasteiger charge is 2.34. The largest absolute Gasteiger partial charge is 0.373 e. The number of hydrogen-bond donors (Lipinski definition) is 1. The maximum Gasteiger partial charge on any atom is 0.237 e. The first-order chi connectivity index (χ1) is 14.5. The van der Waals surface area contributed by atoms with Crippen molar-refractivity contribution in [3.05, 3.63) is 17.1 Å². The third-order valence-electron chi connectivity index (χ3n) is 6.87. The topological polar surface area (TPSA) is 81.7 Å². The molecule has 1 aromatic rings. The summed E-state index contributed by atoms with van der Waals surface area (Å²) in [7, 11) is 1.87. The predicted molar refractivity (Wildman–Crippen MR) is 115 cm³/mol. The maximum absolute atomic E-state index is 13.1. The minimum absolute atomic E-state index is 0.0698. The average Bonchev–Trinajstić information content (AvgIpc) is 3.24. The van der Waals surface area contributed by atoms with Crippen molar-refractivity contribution in [2.45, 2.75) is 58.5 Å². The Labute approximate surface area is 179 Å². The van der Waals surface area contributed by atoms with Gasteiger partial charge in [-0.3, -0.25) is 14.5 Å². The van der Waals surface area contributed by atoms with Crippen LogP contribution in [0.2, 0.25) is 0 Å². The molecule has 0 aliphatic carbocycles. The molecule has 4 rings (SSSR count). The predicted octanol–water partition coefficient (Wildman–Crippen LogP) is 1.82. The molecule has 2 saturated heterocycles. The van der Waals surface area contributed by atoms with Crippen molar-refractivity contribution in [3.63, 3.8) is 0 Å². The van der Waals surface area contributed by atoms with Gasteiger partial charge in [0, 0.05) is 32.6 Å². The van der Waals surface area contributed by atoms with Crippen molar-refractivity contribution in [1.82, 2.24) is 24.7 Å². The number of fused-ring (bicyclic) bond motifs is 1. The quantitative estimate of drug-likeness (QED) is 0.809. The Morgan fingerprint density at radius 1 is 1.10 bits per heavy atom. The molecule has 2 amide bonds. The van der Waals surface area contributed by atoms with Crippen LogP contribution in [0.1, 0.15) is 62.7 Å². The van der Waals surface area contributed by atoms with Gasteiger partial charge in [-0.05, 0) is 51.1 Å². The van der Waals surface area contributed by atoms with Gasteiger partial charge in [0.25, 0.3) is 0 Å². The van der Waals surface area contributed by atoms with E-state index in [4.69, 9.17) is 9.97 Å². The van der Waals surface area contributed by atoms with Gasteiger partial charge in [-0.25, -0.2) is 9.97 Å². The highest BCUT2D eigenvalue weighted by atomic mass is 16.2. The molecule has 0 saturated carbocycles. The third-order valence-corrected chi connectivity index (χ3v) is 6.87. The van der Waals surface area contributed by atoms with Gasteiger partial charge in [0.2, 0.25) is 11.8 Å². The van der Waals surface area contributed by atoms with E-state index in [2.05, 4.69) is 17.1 Å². The second-order valence-corrected chi connectivity index (χ2v) is 9.00. The van der Waals surface area contributed by atoms with E-state index in [1.54, 1.807) is 6.92 Å². The van der Waals surface area contributed by atoms with Crippen LogP contribution >= 0.6 is 0 Å². The monoisotopic (exact) mass is 414 g/mol. The van der Waals surface area contributed by atoms with Gasteiger partial charge in [-0.15, -0.1) is 0 Å². The number of nitrogens with one attached hydrogen (secondary N) is 1. The Hall–Kier alpha value is -2.22. The zero-order valence-corrected chi connectivity index (χ0v) is 18.5. The molecule has 164 valence electrons. The molecule has 1 N–H and O–H groups in total. The zero-order chi connectivity index (χ0) is 21.3. The fourth-order valence-corrected chi connectivity index (χ4v) is 4.91. The number of hydrogen-bond acceptors (Lipinski definition) is 6. The van der Waals surface area contributed by atoms with E-state index in [1.807, 2.05) is 16.8 Å². The summed E-state index contributed by atoms with van der Waals surface area (Å²) >= 11 is 0. The number of anilines is 1. The van der Waals surface area contributed by atoms with E-state index in [0.29, 0.717) is 25.5 Å². The van der Waals surface area contributed by atoms with Crippen LogP contribution in [0.3, 0.4) is 0 Å². The number of carbonyl (C=O) groups is 2. The standard InChI is InChI=1S/C22H34N6O2/c1-15-6-10-26(11-7-15)14-20(30)28-9-4-5-19(28)22-24-18-13-27(16(2)29)12-8-17(18)21(23-3)25-22/h15,19H,4-14H2,1-3H3,(H,23,24,25). The van der Waals surface area contributed by atoms with Crippen LogP contribution in [0.25, 0.3) is 0 Å². The smallest absolute Gasteiger partial charge is 0.237 e. The maximum atomic E-state index is 13.1. The average molecular weight is 415 g/mol. The Balaban J connectivity index is 1.53. The van der Waals surface area contributed by atoms with Gasteiger partial charge in [0.15, 0.2) is 5.82 Å². The highest BCUT2D eigenvalue weighted by molar-refractivity contribution is 5.79. The van der Waals surface area contributed by atoms with Crippen LogP contribution in [0.5, 0.6) is 0 Å². The molecule has 3 aliphatic heterocycles. The second-order valence-electron chi connectivity index (χ2n) is 9.00. The number of amides is 2. The summed E-state index contributed by atoms with van der Waals surface area (Å²) in [5, 5.41) is 3.21. The lowest BCUT2D eigenvalue weighted by Gasteiger charge is -2.33. The summed E-state index contributed by atoms with van der Waals surface area (Å²) in [5.41, 5.74) is 2.01. The molecule has 4 heterocycles. The zero-order valence-electron chi connectivity index (χ0n) is 18.5. The fourth-order valence-electron chi connectivity index (χ4n) is 4.91. The summed E-state index contributed by atoms with van der Waals surface area (Å²) in [6.07, 6.45) is 4.96. The van der Waals surface area contributed by atoms with Crippen LogP contribution in [-0.4, -0.2) is 76.3 Å². The molecular formula is C22H34N6O2. The lowest BCUT2D eigenvalue weighted by molar-refractivity contribution is -0.134. The molecule has 1 aromatic heterocycles. The van der Waals surface area contributed by atoms with Crippen molar-refractivity contribution in [2.24, 2.45) is 5.92 Å². The van der Waals surface area contributed by atoms with Gasteiger partial charge in [0.05, 0.1) is 24.8 Å². The minimum atomic E-state index is -0.0775. The van der Waals surface area contributed by atoms with Gasteiger partial charge in [-0.1, -0.05) is 6.92 Å². The van der Waals surface area contributed by atoms with Crippen molar-refractivity contribution in [3.8, 4) is 0 Å². The fraction of sp³-hybridized carbons (Fsp3) is 0.727. The van der Waals surface area contributed by atoms with Crippen molar-refractivity contribution in [1.29, 1.82) is 0 Å². The molecule has 30 heavy (non-hydrogen) atoms. The molecular weight excluding hydrogens is 380 g/mol. The summed E-state index contributed by atoms with van der Waals surface area (Å²) in [5.74, 6) is 2.56. The first-order valence-corrected chi connectivity index (χ1v) is 11.3. The number of carbonyl (C=O) groups excluding carboxylic acids is 2. The van der Waals surface area contributed by atoms with Crippen LogP contribution < -0.4 is 5.32 Å². The van der Waals surface area contributed by atoms with E-state index in [1.165, 1.54) is 12.8 Å². The Bertz CT molecular complexity index is 805. The van der Waals surface area contributed by atoms with Crippen molar-refractivity contribution < 1.29 is 9.59 Å². The highest BCUT2D eigenvalue weighted by Crippen LogP contribution is 2.33. The van der Waals surface area contributed by atoms with Gasteiger partial charge in [0.1, 0.15) is 5.82 Å². The van der Waals surface area contributed by atoms with E-state index < -0.39 is 0 Å². The van der Waals surface area contributed by atoms with Crippen LogP contribution in [0, 0.1) is 5.92 Å². The number of aromatic nitrogens is 2. The first-order valence-electron chi connectivity index (χ1n) is 11.3. The lowest BCUT2D eigenvalue weighted by atomic mass is 9.99. The Kier molecular flexibility index (Phi) is 6.22. The summed E-state index contributed by atoms with van der Waals surface area (Å²) < 4.78 is 0. The Morgan fingerprint density at radius 3 is 2.57 bits per heavy atom. The minimum Gasteiger partial charge on any atom is -0.373 e. The molecule has 1 atom stereocenters. The van der Waals surface area contributed by atoms with Crippen molar-refractivity contribution in [2.75, 3.05) is 45.1 Å². The van der Waals surface area contributed by atoms with Crippen molar-refractivity contribution >= 4 is 17.6 Å². The first kappa shape index (κ1) is 21.0. The molecule has 1 unspecified atom stereocenters. The lowest BCUT2D eigenvalue weighted by Crippen LogP contribution is -2.43. The third kappa shape index (κ3) is 4.29. The van der Waals surface area contributed by atoms with Gasteiger partial charge < -0.3 is 15.1 Å². The summed E-state index contributed by atoms with van der Waals surface area (Å²) in [6.45, 7) is 8.37. The normalized spacial score (nSPS) is 22.8. The Morgan fingerprint density at radius 2 is 1.87 bits per heavy atom. The number of nitrogens with zero attached hydrogens (tertiary/aromatic N) is 5. The second kappa shape index (κ2) is 8.88. The van der Waals surface area contributed by atoms with Gasteiger partial charge >= 0.3 is 0 Å². The molecule has 3 aliphatic rings. The van der Waals surface area contributed by atoms with E-state index in [-0.39, 0.29) is 17.9 Å². The SMILES string of the molecule is CNc1nc(C2CCCN2C(=O)CN2CCC(C)CC2)nc2c1CCN(C(C)=O)C2. The molecule has 2 fully saturated rings. The molecule has 8 heteroatoms. The van der Waals surface area contributed by atoms with Crippen LogP contribution in [-0.2, 0) is 22.6 Å². The van der Waals surface area contributed by atoms with Crippen LogP contribution in [0.15, 0.2) is 0 Å². The van der Waals surface area contributed by atoms with E-state index in [0.717, 1.165) is 61.9 Å². The molecule has 0 aromatic carbocycles. The molecule has 0 bridgehead atoms. The van der Waals surface area contributed by atoms with Gasteiger partial charge in [-0.2, -0.15) is 0 Å².